The standard InChI is InChI=1S/C16H18BrNO3/c17-11-5-3-10(4-6-11)14-2-1-9-18(14)15(19)12-7-8-13(12)16(20)21/h3-6,12-14H,1-2,7-9H2,(H,20,21). The normalized spacial score (nSPS) is 28.2. The fourth-order valence-electron chi connectivity index (χ4n) is 3.37. The van der Waals surface area contributed by atoms with Crippen molar-refractivity contribution in [1.82, 2.24) is 4.90 Å². The van der Waals surface area contributed by atoms with Crippen molar-refractivity contribution >= 4 is 27.8 Å². The monoisotopic (exact) mass is 351 g/mol. The SMILES string of the molecule is O=C(O)C1CCC1C(=O)N1CCCC1c1ccc(Br)cc1. The summed E-state index contributed by atoms with van der Waals surface area (Å²) in [6.45, 7) is 0.738. The molecule has 21 heavy (non-hydrogen) atoms. The number of hydrogen-bond acceptors (Lipinski definition) is 2. The fourth-order valence-corrected chi connectivity index (χ4v) is 3.63. The van der Waals surface area contributed by atoms with Crippen LogP contribution in [0.3, 0.4) is 0 Å². The molecule has 3 atom stereocenters. The maximum atomic E-state index is 12.6. The van der Waals surface area contributed by atoms with E-state index in [1.54, 1.807) is 0 Å². The maximum absolute atomic E-state index is 12.6. The van der Waals surface area contributed by atoms with Gasteiger partial charge in [0.2, 0.25) is 5.91 Å². The highest BCUT2D eigenvalue weighted by atomic mass is 79.9. The quantitative estimate of drug-likeness (QED) is 0.909. The Hall–Kier alpha value is -1.36. The van der Waals surface area contributed by atoms with Gasteiger partial charge in [0, 0.05) is 11.0 Å². The summed E-state index contributed by atoms with van der Waals surface area (Å²) in [5.74, 6) is -1.61. The van der Waals surface area contributed by atoms with E-state index in [4.69, 9.17) is 5.11 Å². The number of hydrogen-bond donors (Lipinski definition) is 1. The summed E-state index contributed by atoms with van der Waals surface area (Å²) in [6, 6.07) is 8.14. The van der Waals surface area contributed by atoms with Crippen molar-refractivity contribution < 1.29 is 14.7 Å². The molecule has 1 heterocycles. The Bertz CT molecular complexity index is 557. The van der Waals surface area contributed by atoms with E-state index in [1.807, 2.05) is 29.2 Å². The molecule has 0 spiro atoms. The zero-order chi connectivity index (χ0) is 15.0. The highest BCUT2D eigenvalue weighted by Crippen LogP contribution is 2.40. The summed E-state index contributed by atoms with van der Waals surface area (Å²) < 4.78 is 1.02. The first kappa shape index (κ1) is 14.6. The molecular formula is C16H18BrNO3. The molecule has 3 rings (SSSR count). The zero-order valence-corrected chi connectivity index (χ0v) is 13.3. The minimum absolute atomic E-state index is 0.0269. The first-order valence-electron chi connectivity index (χ1n) is 7.36. The highest BCUT2D eigenvalue weighted by molar-refractivity contribution is 9.10. The lowest BCUT2D eigenvalue weighted by atomic mass is 9.72. The molecule has 1 saturated heterocycles. The van der Waals surface area contributed by atoms with E-state index < -0.39 is 11.9 Å². The lowest BCUT2D eigenvalue weighted by molar-refractivity contribution is -0.157. The molecule has 5 heteroatoms. The summed E-state index contributed by atoms with van der Waals surface area (Å²) in [7, 11) is 0. The smallest absolute Gasteiger partial charge is 0.307 e. The van der Waals surface area contributed by atoms with Gasteiger partial charge in [-0.3, -0.25) is 9.59 Å². The van der Waals surface area contributed by atoms with Crippen molar-refractivity contribution in [2.75, 3.05) is 6.54 Å². The van der Waals surface area contributed by atoms with Gasteiger partial charge in [-0.05, 0) is 43.4 Å². The van der Waals surface area contributed by atoms with Crippen LogP contribution in [0, 0.1) is 11.8 Å². The number of nitrogens with zero attached hydrogens (tertiary/aromatic N) is 1. The average molecular weight is 352 g/mol. The number of aliphatic carboxylic acids is 1. The fraction of sp³-hybridized carbons (Fsp3) is 0.500. The van der Waals surface area contributed by atoms with Gasteiger partial charge in [-0.1, -0.05) is 28.1 Å². The van der Waals surface area contributed by atoms with Crippen LogP contribution in [0.25, 0.3) is 0 Å². The third kappa shape index (κ3) is 2.71. The largest absolute Gasteiger partial charge is 0.481 e. The third-order valence-corrected chi connectivity index (χ3v) is 5.23. The Balaban J connectivity index is 1.76. The molecule has 2 fully saturated rings. The molecule has 2 aliphatic rings. The van der Waals surface area contributed by atoms with Crippen LogP contribution in [-0.2, 0) is 9.59 Å². The van der Waals surface area contributed by atoms with Crippen LogP contribution in [0.1, 0.15) is 37.3 Å². The van der Waals surface area contributed by atoms with Crippen LogP contribution in [-0.4, -0.2) is 28.4 Å². The van der Waals surface area contributed by atoms with Crippen molar-refractivity contribution in [3.05, 3.63) is 34.3 Å². The molecular weight excluding hydrogens is 334 g/mol. The maximum Gasteiger partial charge on any atom is 0.307 e. The molecule has 3 unspecified atom stereocenters. The third-order valence-electron chi connectivity index (χ3n) is 4.70. The Morgan fingerprint density at radius 1 is 1.10 bits per heavy atom. The molecule has 1 aliphatic carbocycles. The lowest BCUT2D eigenvalue weighted by Crippen LogP contribution is -2.45. The number of rotatable bonds is 3. The van der Waals surface area contributed by atoms with E-state index in [-0.39, 0.29) is 17.9 Å². The van der Waals surface area contributed by atoms with Gasteiger partial charge in [0.1, 0.15) is 0 Å². The van der Waals surface area contributed by atoms with Gasteiger partial charge in [-0.25, -0.2) is 0 Å². The van der Waals surface area contributed by atoms with E-state index in [2.05, 4.69) is 15.9 Å². The van der Waals surface area contributed by atoms with Gasteiger partial charge < -0.3 is 10.0 Å². The summed E-state index contributed by atoms with van der Waals surface area (Å²) in [6.07, 6.45) is 3.27. The highest BCUT2D eigenvalue weighted by Gasteiger charge is 2.45. The number of amides is 1. The Kier molecular flexibility index (Phi) is 4.02. The van der Waals surface area contributed by atoms with Gasteiger partial charge >= 0.3 is 5.97 Å². The van der Waals surface area contributed by atoms with Crippen molar-refractivity contribution in [3.63, 3.8) is 0 Å². The van der Waals surface area contributed by atoms with Gasteiger partial charge in [0.15, 0.2) is 0 Å². The predicted molar refractivity (Wildman–Crippen MR) is 81.7 cm³/mol. The van der Waals surface area contributed by atoms with E-state index in [1.165, 1.54) is 0 Å². The first-order chi connectivity index (χ1) is 10.1. The van der Waals surface area contributed by atoms with Gasteiger partial charge in [0.05, 0.1) is 17.9 Å². The Labute approximate surface area is 132 Å². The summed E-state index contributed by atoms with van der Waals surface area (Å²) in [4.78, 5) is 25.7. The minimum atomic E-state index is -0.834. The molecule has 0 bridgehead atoms. The first-order valence-corrected chi connectivity index (χ1v) is 8.16. The Morgan fingerprint density at radius 3 is 2.33 bits per heavy atom. The number of likely N-dealkylation sites (tertiary alicyclic amines) is 1. The summed E-state index contributed by atoms with van der Waals surface area (Å²) in [5, 5.41) is 9.13. The van der Waals surface area contributed by atoms with Crippen molar-refractivity contribution in [2.45, 2.75) is 31.7 Å². The van der Waals surface area contributed by atoms with E-state index in [0.29, 0.717) is 12.8 Å². The summed E-state index contributed by atoms with van der Waals surface area (Å²) in [5.41, 5.74) is 1.13. The van der Waals surface area contributed by atoms with Crippen LogP contribution in [0.15, 0.2) is 28.7 Å². The van der Waals surface area contributed by atoms with E-state index in [0.717, 1.165) is 29.4 Å². The average Bonchev–Trinajstić information content (AvgIpc) is 2.86. The molecule has 112 valence electrons. The van der Waals surface area contributed by atoms with Crippen molar-refractivity contribution in [2.24, 2.45) is 11.8 Å². The zero-order valence-electron chi connectivity index (χ0n) is 11.7. The van der Waals surface area contributed by atoms with Crippen LogP contribution < -0.4 is 0 Å². The van der Waals surface area contributed by atoms with Crippen LogP contribution in [0.2, 0.25) is 0 Å². The molecule has 1 aliphatic heterocycles. The minimum Gasteiger partial charge on any atom is -0.481 e. The topological polar surface area (TPSA) is 57.6 Å². The molecule has 1 aromatic carbocycles. The Morgan fingerprint density at radius 2 is 1.76 bits per heavy atom. The number of benzene rings is 1. The van der Waals surface area contributed by atoms with Crippen LogP contribution in [0.5, 0.6) is 0 Å². The second-order valence-electron chi connectivity index (χ2n) is 5.87. The second kappa shape index (κ2) is 5.79. The van der Waals surface area contributed by atoms with Crippen molar-refractivity contribution in [1.29, 1.82) is 0 Å². The van der Waals surface area contributed by atoms with Gasteiger partial charge in [-0.15, -0.1) is 0 Å². The van der Waals surface area contributed by atoms with Crippen LogP contribution >= 0.6 is 15.9 Å². The second-order valence-corrected chi connectivity index (χ2v) is 6.79. The lowest BCUT2D eigenvalue weighted by Gasteiger charge is -2.37. The number of halogens is 1. The molecule has 0 radical (unpaired) electrons. The molecule has 1 amide bonds. The van der Waals surface area contributed by atoms with E-state index in [9.17, 15) is 9.59 Å². The molecule has 1 aromatic rings. The van der Waals surface area contributed by atoms with E-state index >= 15 is 0 Å². The number of carbonyl (C=O) groups is 2. The van der Waals surface area contributed by atoms with Gasteiger partial charge in [-0.2, -0.15) is 0 Å². The number of carboxylic acids is 1. The van der Waals surface area contributed by atoms with Crippen LogP contribution in [0.4, 0.5) is 0 Å². The molecule has 1 N–H and O–H groups in total. The molecule has 0 aromatic heterocycles. The number of carboxylic acid groups (broad SMARTS) is 1. The summed E-state index contributed by atoms with van der Waals surface area (Å²) >= 11 is 3.42. The number of carbonyl (C=O) groups excluding carboxylic acids is 1. The van der Waals surface area contributed by atoms with Crippen molar-refractivity contribution in [3.8, 4) is 0 Å². The predicted octanol–water partition coefficient (Wildman–Crippen LogP) is 3.22. The molecule has 4 nitrogen and oxygen atoms in total. The molecule has 1 saturated carbocycles. The van der Waals surface area contributed by atoms with Gasteiger partial charge in [0.25, 0.3) is 0 Å².